The van der Waals surface area contributed by atoms with Crippen molar-refractivity contribution in [2.75, 3.05) is 10.8 Å². The average Bonchev–Trinajstić information content (AvgIpc) is 3.16. The van der Waals surface area contributed by atoms with Gasteiger partial charge in [0.15, 0.2) is 4.80 Å². The third kappa shape index (κ3) is 4.53. The van der Waals surface area contributed by atoms with Crippen LogP contribution in [0.5, 0.6) is 0 Å². The van der Waals surface area contributed by atoms with Crippen LogP contribution < -0.4 is 9.11 Å². The zero-order valence-corrected chi connectivity index (χ0v) is 20.4. The molecule has 0 unspecified atom stereocenters. The quantitative estimate of drug-likeness (QED) is 0.372. The van der Waals surface area contributed by atoms with Crippen LogP contribution in [-0.4, -0.2) is 25.4 Å². The normalized spacial score (nSPS) is 12.0. The van der Waals surface area contributed by atoms with Gasteiger partial charge >= 0.3 is 0 Å². The molecule has 0 aliphatic carbocycles. The predicted octanol–water partition coefficient (Wildman–Crippen LogP) is 4.60. The van der Waals surface area contributed by atoms with Gasteiger partial charge in [-0.25, -0.2) is 8.42 Å². The van der Waals surface area contributed by atoms with Gasteiger partial charge in [-0.3, -0.25) is 9.10 Å². The van der Waals surface area contributed by atoms with E-state index in [0.29, 0.717) is 22.6 Å². The van der Waals surface area contributed by atoms with Gasteiger partial charge in [0.1, 0.15) is 0 Å². The number of hydrogen-bond acceptors (Lipinski definition) is 4. The molecule has 0 aliphatic heterocycles. The summed E-state index contributed by atoms with van der Waals surface area (Å²) in [6, 6.07) is 20.7. The standard InChI is InChI=1S/C26H23N3O3S2/c1-4-17-28-23-16-11-19(3)18-24(23)33-26(28)27-25(30)20-12-14-22(15-13-20)34(31,32)29(5-2)21-9-7-6-8-10-21/h1,6-16,18H,5,17H2,2-3H3. The van der Waals surface area contributed by atoms with Crippen LogP contribution in [0, 0.1) is 19.3 Å². The number of amides is 1. The zero-order valence-electron chi connectivity index (χ0n) is 18.8. The summed E-state index contributed by atoms with van der Waals surface area (Å²) in [4.78, 5) is 17.8. The summed E-state index contributed by atoms with van der Waals surface area (Å²) in [5, 5.41) is 0. The molecule has 3 aromatic carbocycles. The number of carbonyl (C=O) groups excluding carboxylic acids is 1. The maximum atomic E-state index is 13.2. The Hall–Kier alpha value is -3.67. The molecule has 0 radical (unpaired) electrons. The van der Waals surface area contributed by atoms with Crippen LogP contribution in [0.1, 0.15) is 22.8 Å². The number of aromatic nitrogens is 1. The smallest absolute Gasteiger partial charge is 0.279 e. The third-order valence-electron chi connectivity index (χ3n) is 5.31. The van der Waals surface area contributed by atoms with Crippen molar-refractivity contribution in [3.63, 3.8) is 0 Å². The number of rotatable bonds is 6. The minimum Gasteiger partial charge on any atom is -0.305 e. The van der Waals surface area contributed by atoms with Crippen molar-refractivity contribution in [1.82, 2.24) is 4.57 Å². The van der Waals surface area contributed by atoms with Crippen LogP contribution in [0.4, 0.5) is 5.69 Å². The number of para-hydroxylation sites is 1. The minimum absolute atomic E-state index is 0.106. The minimum atomic E-state index is -3.77. The first-order valence-corrected chi connectivity index (χ1v) is 12.9. The predicted molar refractivity (Wildman–Crippen MR) is 136 cm³/mol. The molecule has 1 aromatic heterocycles. The molecule has 0 fully saturated rings. The molecular weight excluding hydrogens is 466 g/mol. The molecule has 34 heavy (non-hydrogen) atoms. The van der Waals surface area contributed by atoms with Crippen LogP contribution in [0.15, 0.2) is 82.7 Å². The fraction of sp³-hybridized carbons (Fsp3) is 0.154. The first kappa shape index (κ1) is 23.5. The van der Waals surface area contributed by atoms with E-state index in [0.717, 1.165) is 15.8 Å². The van der Waals surface area contributed by atoms with Crippen LogP contribution >= 0.6 is 11.3 Å². The molecule has 4 aromatic rings. The summed E-state index contributed by atoms with van der Waals surface area (Å²) >= 11 is 1.39. The van der Waals surface area contributed by atoms with Crippen molar-refractivity contribution in [3.8, 4) is 12.3 Å². The van der Waals surface area contributed by atoms with E-state index in [1.54, 1.807) is 31.2 Å². The molecule has 0 spiro atoms. The lowest BCUT2D eigenvalue weighted by atomic mass is 10.2. The zero-order chi connectivity index (χ0) is 24.3. The Kier molecular flexibility index (Phi) is 6.68. The van der Waals surface area contributed by atoms with Crippen LogP contribution in [0.2, 0.25) is 0 Å². The van der Waals surface area contributed by atoms with Gasteiger partial charge in [0.2, 0.25) is 0 Å². The van der Waals surface area contributed by atoms with E-state index in [-0.39, 0.29) is 11.4 Å². The highest BCUT2D eigenvalue weighted by molar-refractivity contribution is 7.92. The van der Waals surface area contributed by atoms with Gasteiger partial charge in [0.05, 0.1) is 27.3 Å². The molecular formula is C26H23N3O3S2. The lowest BCUT2D eigenvalue weighted by Gasteiger charge is -2.22. The largest absolute Gasteiger partial charge is 0.305 e. The van der Waals surface area contributed by atoms with Crippen LogP contribution in [0.3, 0.4) is 0 Å². The number of hydrogen-bond donors (Lipinski definition) is 0. The van der Waals surface area contributed by atoms with Crippen molar-refractivity contribution in [1.29, 1.82) is 0 Å². The maximum Gasteiger partial charge on any atom is 0.279 e. The maximum absolute atomic E-state index is 13.2. The van der Waals surface area contributed by atoms with Crippen LogP contribution in [-0.2, 0) is 16.6 Å². The van der Waals surface area contributed by atoms with E-state index in [2.05, 4.69) is 10.9 Å². The summed E-state index contributed by atoms with van der Waals surface area (Å²) in [7, 11) is -3.77. The molecule has 1 amide bonds. The second-order valence-electron chi connectivity index (χ2n) is 7.59. The fourth-order valence-corrected chi connectivity index (χ4v) is 6.24. The van der Waals surface area contributed by atoms with Crippen molar-refractivity contribution < 1.29 is 13.2 Å². The van der Waals surface area contributed by atoms with Gasteiger partial charge in [0.25, 0.3) is 15.9 Å². The second-order valence-corrected chi connectivity index (χ2v) is 10.5. The lowest BCUT2D eigenvalue weighted by Crippen LogP contribution is -2.30. The Morgan fingerprint density at radius 2 is 1.79 bits per heavy atom. The van der Waals surface area contributed by atoms with E-state index < -0.39 is 15.9 Å². The number of nitrogens with zero attached hydrogens (tertiary/aromatic N) is 3. The van der Waals surface area contributed by atoms with Gasteiger partial charge in [-0.2, -0.15) is 4.99 Å². The Morgan fingerprint density at radius 3 is 2.44 bits per heavy atom. The highest BCUT2D eigenvalue weighted by Crippen LogP contribution is 2.24. The summed E-state index contributed by atoms with van der Waals surface area (Å²) in [6.07, 6.45) is 5.53. The van der Waals surface area contributed by atoms with E-state index >= 15 is 0 Å². The van der Waals surface area contributed by atoms with E-state index in [9.17, 15) is 13.2 Å². The number of fused-ring (bicyclic) bond motifs is 1. The monoisotopic (exact) mass is 489 g/mol. The van der Waals surface area contributed by atoms with E-state index in [1.165, 1.54) is 39.9 Å². The fourth-order valence-electron chi connectivity index (χ4n) is 3.64. The number of benzene rings is 3. The van der Waals surface area contributed by atoms with Crippen molar-refractivity contribution >= 4 is 43.2 Å². The molecule has 0 saturated heterocycles. The highest BCUT2D eigenvalue weighted by Gasteiger charge is 2.23. The summed E-state index contributed by atoms with van der Waals surface area (Å²) in [5.74, 6) is 2.15. The molecule has 0 N–H and O–H groups in total. The van der Waals surface area contributed by atoms with Gasteiger partial charge in [-0.1, -0.05) is 41.5 Å². The molecule has 6 nitrogen and oxygen atoms in total. The van der Waals surface area contributed by atoms with Gasteiger partial charge in [0, 0.05) is 12.1 Å². The molecule has 0 aliphatic rings. The van der Waals surface area contributed by atoms with Gasteiger partial charge in [-0.15, -0.1) is 6.42 Å². The van der Waals surface area contributed by atoms with Gasteiger partial charge < -0.3 is 4.57 Å². The van der Waals surface area contributed by atoms with Crippen LogP contribution in [0.25, 0.3) is 10.2 Å². The number of anilines is 1. The van der Waals surface area contributed by atoms with E-state index in [4.69, 9.17) is 6.42 Å². The molecule has 1 heterocycles. The number of terminal acetylenes is 1. The van der Waals surface area contributed by atoms with Crippen molar-refractivity contribution in [3.05, 3.63) is 88.7 Å². The highest BCUT2D eigenvalue weighted by atomic mass is 32.2. The Bertz CT molecular complexity index is 1560. The molecule has 0 saturated carbocycles. The molecule has 4 rings (SSSR count). The van der Waals surface area contributed by atoms with E-state index in [1.807, 2.05) is 35.8 Å². The third-order valence-corrected chi connectivity index (χ3v) is 8.26. The molecule has 172 valence electrons. The molecule has 8 heteroatoms. The second kappa shape index (κ2) is 9.67. The summed E-state index contributed by atoms with van der Waals surface area (Å²) in [5.41, 5.74) is 2.90. The number of sulfonamides is 1. The number of carbonyl (C=O) groups is 1. The summed E-state index contributed by atoms with van der Waals surface area (Å²) in [6.45, 7) is 4.35. The van der Waals surface area contributed by atoms with Gasteiger partial charge in [-0.05, 0) is 67.9 Å². The average molecular weight is 490 g/mol. The molecule has 0 atom stereocenters. The Balaban J connectivity index is 1.68. The topological polar surface area (TPSA) is 71.7 Å². The SMILES string of the molecule is C#CCn1c(=NC(=O)c2ccc(S(=O)(=O)N(CC)c3ccccc3)cc2)sc2cc(C)ccc21. The first-order chi connectivity index (χ1) is 16.3. The van der Waals surface area contributed by atoms with Crippen molar-refractivity contribution in [2.24, 2.45) is 4.99 Å². The summed E-state index contributed by atoms with van der Waals surface area (Å²) < 4.78 is 30.5. The number of thiazole rings is 1. The Morgan fingerprint density at radius 1 is 1.09 bits per heavy atom. The Labute approximate surface area is 202 Å². The lowest BCUT2D eigenvalue weighted by molar-refractivity contribution is 0.0998. The van der Waals surface area contributed by atoms with Crippen molar-refractivity contribution in [2.45, 2.75) is 25.3 Å². The first-order valence-electron chi connectivity index (χ1n) is 10.7. The molecule has 0 bridgehead atoms. The number of aryl methyl sites for hydroxylation is 1.